The Kier molecular flexibility index (Phi) is 1.07. The summed E-state index contributed by atoms with van der Waals surface area (Å²) in [4.78, 5) is 3.80. The van der Waals surface area contributed by atoms with Gasteiger partial charge in [0.1, 0.15) is 0 Å². The SMILES string of the molecule is Cc1[c]cc[c]n1. The zero-order valence-electron chi connectivity index (χ0n) is 4.10. The van der Waals surface area contributed by atoms with Gasteiger partial charge in [-0.25, -0.2) is 0 Å². The molecule has 1 aromatic rings. The van der Waals surface area contributed by atoms with E-state index in [1.54, 1.807) is 12.1 Å². The van der Waals surface area contributed by atoms with Gasteiger partial charge in [0.05, 0.1) is 6.20 Å². The van der Waals surface area contributed by atoms with E-state index in [0.717, 1.165) is 5.69 Å². The number of aryl methyl sites for hydroxylation is 1. The molecule has 7 heavy (non-hydrogen) atoms. The van der Waals surface area contributed by atoms with Crippen LogP contribution in [-0.4, -0.2) is 4.98 Å². The highest BCUT2D eigenvalue weighted by Crippen LogP contribution is 1.83. The quantitative estimate of drug-likeness (QED) is 0.464. The molecule has 1 aromatic heterocycles. The minimum Gasteiger partial charge on any atom is -0.251 e. The van der Waals surface area contributed by atoms with E-state index >= 15 is 0 Å². The van der Waals surface area contributed by atoms with Gasteiger partial charge in [-0.05, 0) is 13.0 Å². The van der Waals surface area contributed by atoms with Gasteiger partial charge in [0, 0.05) is 11.8 Å². The summed E-state index contributed by atoms with van der Waals surface area (Å²) in [5.41, 5.74) is 0.891. The zero-order chi connectivity index (χ0) is 5.11. The highest BCUT2D eigenvalue weighted by atomic mass is 14.6. The monoisotopic (exact) mass is 91.0 g/mol. The molecule has 0 aliphatic rings. The number of aromatic nitrogens is 1. The molecule has 1 heteroatoms. The first-order valence-corrected chi connectivity index (χ1v) is 2.11. The Labute approximate surface area is 43.0 Å². The van der Waals surface area contributed by atoms with E-state index in [0.29, 0.717) is 0 Å². The van der Waals surface area contributed by atoms with Gasteiger partial charge in [-0.3, -0.25) is 4.98 Å². The Hall–Kier alpha value is -0.850. The third-order valence-corrected chi connectivity index (χ3v) is 0.682. The van der Waals surface area contributed by atoms with Crippen LogP contribution in [0.1, 0.15) is 5.69 Å². The molecule has 0 spiro atoms. The minimum atomic E-state index is 0.891. The van der Waals surface area contributed by atoms with Crippen molar-refractivity contribution in [3.63, 3.8) is 0 Å². The molecule has 0 saturated carbocycles. The lowest BCUT2D eigenvalue weighted by Crippen LogP contribution is -1.74. The summed E-state index contributed by atoms with van der Waals surface area (Å²) in [6, 6.07) is 6.41. The summed E-state index contributed by atoms with van der Waals surface area (Å²) < 4.78 is 0. The van der Waals surface area contributed by atoms with Gasteiger partial charge in [0.15, 0.2) is 0 Å². The van der Waals surface area contributed by atoms with Gasteiger partial charge in [0.2, 0.25) is 0 Å². The number of rotatable bonds is 0. The van der Waals surface area contributed by atoms with E-state index in [2.05, 4.69) is 17.2 Å². The van der Waals surface area contributed by atoms with Gasteiger partial charge < -0.3 is 0 Å². The molecule has 0 bridgehead atoms. The second-order valence-electron chi connectivity index (χ2n) is 1.30. The standard InChI is InChI=1S/C6H5N/c1-6-4-2-3-5-7-6/h2-3H,1H3. The average molecular weight is 91.1 g/mol. The first-order valence-electron chi connectivity index (χ1n) is 2.11. The minimum absolute atomic E-state index is 0.891. The lowest BCUT2D eigenvalue weighted by Gasteiger charge is -1.80. The van der Waals surface area contributed by atoms with E-state index in [-0.39, 0.29) is 0 Å². The molecule has 0 fully saturated rings. The molecular weight excluding hydrogens is 86.1 g/mol. The number of hydrogen-bond acceptors (Lipinski definition) is 1. The van der Waals surface area contributed by atoms with Crippen LogP contribution in [0.5, 0.6) is 0 Å². The second kappa shape index (κ2) is 1.73. The lowest BCUT2D eigenvalue weighted by molar-refractivity contribution is 1.18. The van der Waals surface area contributed by atoms with Crippen molar-refractivity contribution in [3.05, 3.63) is 30.1 Å². The fourth-order valence-corrected chi connectivity index (χ4v) is 0.366. The second-order valence-corrected chi connectivity index (χ2v) is 1.30. The molecule has 1 heterocycles. The largest absolute Gasteiger partial charge is 0.251 e. The topological polar surface area (TPSA) is 12.9 Å². The summed E-state index contributed by atoms with van der Waals surface area (Å²) in [6.07, 6.45) is 2.68. The molecule has 0 aromatic carbocycles. The molecule has 0 amide bonds. The maximum atomic E-state index is 3.80. The van der Waals surface area contributed by atoms with Gasteiger partial charge in [-0.1, -0.05) is 6.07 Å². The van der Waals surface area contributed by atoms with Crippen LogP contribution in [0, 0.1) is 19.2 Å². The number of nitrogens with zero attached hydrogens (tertiary/aromatic N) is 1. The van der Waals surface area contributed by atoms with Crippen LogP contribution >= 0.6 is 0 Å². The van der Waals surface area contributed by atoms with Crippen molar-refractivity contribution in [2.75, 3.05) is 0 Å². The predicted molar refractivity (Wildman–Crippen MR) is 26.6 cm³/mol. The smallest absolute Gasteiger partial charge is 0.0889 e. The molecule has 0 N–H and O–H groups in total. The van der Waals surface area contributed by atoms with Crippen molar-refractivity contribution < 1.29 is 0 Å². The molecule has 0 aliphatic heterocycles. The molecule has 1 nitrogen and oxygen atoms in total. The maximum Gasteiger partial charge on any atom is 0.0889 e. The summed E-state index contributed by atoms with van der Waals surface area (Å²) in [7, 11) is 0. The Morgan fingerprint density at radius 1 is 1.57 bits per heavy atom. The normalized spacial score (nSPS) is 8.71. The van der Waals surface area contributed by atoms with Crippen molar-refractivity contribution in [1.29, 1.82) is 0 Å². The van der Waals surface area contributed by atoms with Crippen LogP contribution in [0.2, 0.25) is 0 Å². The van der Waals surface area contributed by atoms with Crippen LogP contribution in [-0.2, 0) is 0 Å². The molecule has 1 rings (SSSR count). The third kappa shape index (κ3) is 1.000. The lowest BCUT2D eigenvalue weighted by atomic mass is 10.4. The van der Waals surface area contributed by atoms with Gasteiger partial charge in [0.25, 0.3) is 0 Å². The number of hydrogen-bond donors (Lipinski definition) is 0. The predicted octanol–water partition coefficient (Wildman–Crippen LogP) is 0.990. The average Bonchev–Trinajstić information content (AvgIpc) is 1.69. The summed E-state index contributed by atoms with van der Waals surface area (Å²) >= 11 is 0. The van der Waals surface area contributed by atoms with E-state index in [1.165, 1.54) is 0 Å². The molecule has 0 atom stereocenters. The molecule has 2 radical (unpaired) electrons. The first-order chi connectivity index (χ1) is 3.39. The van der Waals surface area contributed by atoms with Gasteiger partial charge in [-0.15, -0.1) is 0 Å². The Bertz CT molecular complexity index is 134. The van der Waals surface area contributed by atoms with E-state index in [9.17, 15) is 0 Å². The van der Waals surface area contributed by atoms with E-state index in [4.69, 9.17) is 0 Å². The van der Waals surface area contributed by atoms with Crippen molar-refractivity contribution in [1.82, 2.24) is 4.98 Å². The van der Waals surface area contributed by atoms with Crippen molar-refractivity contribution >= 4 is 0 Å². The zero-order valence-corrected chi connectivity index (χ0v) is 4.10. The fourth-order valence-electron chi connectivity index (χ4n) is 0.366. The first kappa shape index (κ1) is 4.31. The highest BCUT2D eigenvalue weighted by Gasteiger charge is 1.75. The van der Waals surface area contributed by atoms with Crippen molar-refractivity contribution in [2.45, 2.75) is 6.92 Å². The molecular formula is C6H5N. The fraction of sp³-hybridized carbons (Fsp3) is 0.167. The Morgan fingerprint density at radius 2 is 2.43 bits per heavy atom. The van der Waals surface area contributed by atoms with Gasteiger partial charge in [-0.2, -0.15) is 0 Å². The number of pyridine rings is 1. The molecule has 34 valence electrons. The third-order valence-electron chi connectivity index (χ3n) is 0.682. The van der Waals surface area contributed by atoms with Crippen LogP contribution in [0.3, 0.4) is 0 Å². The van der Waals surface area contributed by atoms with Crippen molar-refractivity contribution in [2.24, 2.45) is 0 Å². The van der Waals surface area contributed by atoms with Crippen molar-refractivity contribution in [3.8, 4) is 0 Å². The summed E-state index contributed by atoms with van der Waals surface area (Å²) in [5, 5.41) is 0. The van der Waals surface area contributed by atoms with Crippen LogP contribution in [0.15, 0.2) is 12.1 Å². The van der Waals surface area contributed by atoms with E-state index < -0.39 is 0 Å². The molecule has 0 aliphatic carbocycles. The summed E-state index contributed by atoms with van der Waals surface area (Å²) in [5.74, 6) is 0. The Morgan fingerprint density at radius 3 is 2.71 bits per heavy atom. The van der Waals surface area contributed by atoms with Crippen LogP contribution in [0.4, 0.5) is 0 Å². The van der Waals surface area contributed by atoms with Gasteiger partial charge >= 0.3 is 0 Å². The summed E-state index contributed by atoms with van der Waals surface area (Å²) in [6.45, 7) is 1.89. The van der Waals surface area contributed by atoms with Crippen LogP contribution in [0.25, 0.3) is 0 Å². The molecule has 0 unspecified atom stereocenters. The maximum absolute atomic E-state index is 3.80. The van der Waals surface area contributed by atoms with Crippen LogP contribution < -0.4 is 0 Å². The highest BCUT2D eigenvalue weighted by molar-refractivity contribution is 4.96. The Balaban J connectivity index is 3.02. The van der Waals surface area contributed by atoms with E-state index in [1.807, 2.05) is 6.92 Å². The molecule has 0 saturated heterocycles.